The Morgan fingerprint density at radius 2 is 2.16 bits per heavy atom. The molecule has 1 unspecified atom stereocenters. The van der Waals surface area contributed by atoms with Crippen LogP contribution < -0.4 is 5.32 Å². The second-order valence-corrected chi connectivity index (χ2v) is 4.68. The average Bonchev–Trinajstić information content (AvgIpc) is 2.90. The van der Waals surface area contributed by atoms with Gasteiger partial charge in [-0.2, -0.15) is 5.10 Å². The summed E-state index contributed by atoms with van der Waals surface area (Å²) in [6, 6.07) is 8.51. The standard InChI is InChI=1S/C15H22N4/c1-3-12-19-15(9-11-18-19)14(16-2)8-7-13-6-4-5-10-17-13/h4-6,9-11,14,16H,3,7-8,12H2,1-2H3. The molecule has 0 amide bonds. The number of hydrogen-bond acceptors (Lipinski definition) is 3. The number of rotatable bonds is 7. The van der Waals surface area contributed by atoms with Crippen molar-refractivity contribution >= 4 is 0 Å². The van der Waals surface area contributed by atoms with Crippen LogP contribution in [0.25, 0.3) is 0 Å². The van der Waals surface area contributed by atoms with Gasteiger partial charge in [0.15, 0.2) is 0 Å². The molecule has 2 heterocycles. The highest BCUT2D eigenvalue weighted by molar-refractivity contribution is 5.09. The van der Waals surface area contributed by atoms with Crippen molar-refractivity contribution in [3.8, 4) is 0 Å². The van der Waals surface area contributed by atoms with Crippen molar-refractivity contribution < 1.29 is 0 Å². The fraction of sp³-hybridized carbons (Fsp3) is 0.467. The number of pyridine rings is 1. The van der Waals surface area contributed by atoms with E-state index in [4.69, 9.17) is 0 Å². The van der Waals surface area contributed by atoms with Gasteiger partial charge in [0.2, 0.25) is 0 Å². The molecule has 0 radical (unpaired) electrons. The highest BCUT2D eigenvalue weighted by Crippen LogP contribution is 2.18. The summed E-state index contributed by atoms with van der Waals surface area (Å²) in [5, 5.41) is 7.78. The largest absolute Gasteiger partial charge is 0.312 e. The molecule has 19 heavy (non-hydrogen) atoms. The second-order valence-electron chi connectivity index (χ2n) is 4.68. The van der Waals surface area contributed by atoms with Gasteiger partial charge in [0.05, 0.1) is 5.69 Å². The van der Waals surface area contributed by atoms with E-state index < -0.39 is 0 Å². The molecule has 0 bridgehead atoms. The van der Waals surface area contributed by atoms with Crippen LogP contribution in [-0.2, 0) is 13.0 Å². The average molecular weight is 258 g/mol. The predicted molar refractivity (Wildman–Crippen MR) is 76.9 cm³/mol. The molecule has 1 N–H and O–H groups in total. The molecule has 0 fully saturated rings. The molecule has 2 aromatic rings. The summed E-state index contributed by atoms with van der Waals surface area (Å²) in [5.41, 5.74) is 2.41. The first kappa shape index (κ1) is 13.7. The van der Waals surface area contributed by atoms with Crippen LogP contribution in [0.4, 0.5) is 0 Å². The van der Waals surface area contributed by atoms with Crippen molar-refractivity contribution in [2.75, 3.05) is 7.05 Å². The first-order valence-corrected chi connectivity index (χ1v) is 6.94. The molecule has 0 aliphatic heterocycles. The summed E-state index contributed by atoms with van der Waals surface area (Å²) in [5.74, 6) is 0. The Kier molecular flexibility index (Phi) is 5.10. The molecule has 0 spiro atoms. The molecule has 0 saturated heterocycles. The molecule has 4 heteroatoms. The molecule has 4 nitrogen and oxygen atoms in total. The molecule has 0 aromatic carbocycles. The van der Waals surface area contributed by atoms with Crippen molar-refractivity contribution in [2.24, 2.45) is 0 Å². The fourth-order valence-corrected chi connectivity index (χ4v) is 2.32. The van der Waals surface area contributed by atoms with E-state index in [9.17, 15) is 0 Å². The Balaban J connectivity index is 2.01. The zero-order valence-electron chi connectivity index (χ0n) is 11.7. The highest BCUT2D eigenvalue weighted by atomic mass is 15.3. The maximum atomic E-state index is 4.39. The lowest BCUT2D eigenvalue weighted by Gasteiger charge is -2.17. The smallest absolute Gasteiger partial charge is 0.0553 e. The van der Waals surface area contributed by atoms with Crippen molar-refractivity contribution in [1.82, 2.24) is 20.1 Å². The Labute approximate surface area is 114 Å². The van der Waals surface area contributed by atoms with E-state index in [2.05, 4.69) is 39.1 Å². The molecular formula is C15H22N4. The zero-order chi connectivity index (χ0) is 13.5. The lowest BCUT2D eigenvalue weighted by atomic mass is 10.1. The number of hydrogen-bond donors (Lipinski definition) is 1. The summed E-state index contributed by atoms with van der Waals surface area (Å²) < 4.78 is 2.10. The maximum Gasteiger partial charge on any atom is 0.0553 e. The molecule has 2 aromatic heterocycles. The fourth-order valence-electron chi connectivity index (χ4n) is 2.32. The molecule has 0 aliphatic rings. The summed E-state index contributed by atoms with van der Waals surface area (Å²) in [7, 11) is 2.01. The van der Waals surface area contributed by atoms with Gasteiger partial charge in [0.25, 0.3) is 0 Å². The van der Waals surface area contributed by atoms with E-state index in [1.165, 1.54) is 5.69 Å². The molecule has 102 valence electrons. The lowest BCUT2D eigenvalue weighted by Crippen LogP contribution is -2.21. The minimum atomic E-state index is 0.330. The van der Waals surface area contributed by atoms with E-state index >= 15 is 0 Å². The first-order chi connectivity index (χ1) is 9.35. The maximum absolute atomic E-state index is 4.39. The van der Waals surface area contributed by atoms with Gasteiger partial charge in [-0.15, -0.1) is 0 Å². The van der Waals surface area contributed by atoms with Crippen LogP contribution in [0.1, 0.15) is 37.2 Å². The third-order valence-electron chi connectivity index (χ3n) is 3.31. The van der Waals surface area contributed by atoms with Gasteiger partial charge in [-0.1, -0.05) is 13.0 Å². The van der Waals surface area contributed by atoms with E-state index in [0.29, 0.717) is 6.04 Å². The van der Waals surface area contributed by atoms with Crippen molar-refractivity contribution in [2.45, 2.75) is 38.8 Å². The van der Waals surface area contributed by atoms with Crippen molar-refractivity contribution in [3.63, 3.8) is 0 Å². The van der Waals surface area contributed by atoms with Gasteiger partial charge in [-0.25, -0.2) is 0 Å². The number of aromatic nitrogens is 3. The van der Waals surface area contributed by atoms with Crippen LogP contribution in [0.3, 0.4) is 0 Å². The van der Waals surface area contributed by atoms with E-state index in [1.54, 1.807) is 0 Å². The SMILES string of the molecule is CCCn1nccc1C(CCc1ccccn1)NC. The summed E-state index contributed by atoms with van der Waals surface area (Å²) in [6.45, 7) is 3.15. The second kappa shape index (κ2) is 7.04. The predicted octanol–water partition coefficient (Wildman–Crippen LogP) is 2.58. The summed E-state index contributed by atoms with van der Waals surface area (Å²) in [6.07, 6.45) is 6.85. The Morgan fingerprint density at radius 3 is 2.84 bits per heavy atom. The van der Waals surface area contributed by atoms with Crippen molar-refractivity contribution in [1.29, 1.82) is 0 Å². The van der Waals surface area contributed by atoms with Crippen molar-refractivity contribution in [3.05, 3.63) is 48.0 Å². The van der Waals surface area contributed by atoms with E-state index in [-0.39, 0.29) is 0 Å². The van der Waals surface area contributed by atoms with Gasteiger partial charge in [0, 0.05) is 30.7 Å². The van der Waals surface area contributed by atoms with Crippen LogP contribution in [0.5, 0.6) is 0 Å². The molecule has 0 aliphatic carbocycles. The van der Waals surface area contributed by atoms with Gasteiger partial charge in [-0.3, -0.25) is 9.67 Å². The van der Waals surface area contributed by atoms with E-state index in [0.717, 1.165) is 31.5 Å². The molecular weight excluding hydrogens is 236 g/mol. The van der Waals surface area contributed by atoms with Gasteiger partial charge < -0.3 is 5.32 Å². The van der Waals surface area contributed by atoms with Crippen LogP contribution in [0.2, 0.25) is 0 Å². The third-order valence-corrected chi connectivity index (χ3v) is 3.31. The number of nitrogens with one attached hydrogen (secondary N) is 1. The first-order valence-electron chi connectivity index (χ1n) is 6.94. The van der Waals surface area contributed by atoms with Gasteiger partial charge in [-0.05, 0) is 44.5 Å². The quantitative estimate of drug-likeness (QED) is 0.830. The number of aryl methyl sites for hydroxylation is 2. The highest BCUT2D eigenvalue weighted by Gasteiger charge is 2.14. The van der Waals surface area contributed by atoms with Crippen LogP contribution in [-0.4, -0.2) is 21.8 Å². The topological polar surface area (TPSA) is 42.7 Å². The summed E-state index contributed by atoms with van der Waals surface area (Å²) >= 11 is 0. The normalized spacial score (nSPS) is 12.5. The lowest BCUT2D eigenvalue weighted by molar-refractivity contribution is 0.475. The Bertz CT molecular complexity index is 478. The monoisotopic (exact) mass is 258 g/mol. The van der Waals surface area contributed by atoms with Gasteiger partial charge >= 0.3 is 0 Å². The molecule has 0 saturated carbocycles. The third kappa shape index (κ3) is 3.64. The zero-order valence-corrected chi connectivity index (χ0v) is 11.7. The van der Waals surface area contributed by atoms with Crippen LogP contribution in [0.15, 0.2) is 36.7 Å². The van der Waals surface area contributed by atoms with Crippen LogP contribution >= 0.6 is 0 Å². The van der Waals surface area contributed by atoms with Crippen LogP contribution in [0, 0.1) is 0 Å². The minimum Gasteiger partial charge on any atom is -0.312 e. The Morgan fingerprint density at radius 1 is 1.26 bits per heavy atom. The Hall–Kier alpha value is -1.68. The molecule has 1 atom stereocenters. The van der Waals surface area contributed by atoms with Gasteiger partial charge in [0.1, 0.15) is 0 Å². The number of nitrogens with zero attached hydrogens (tertiary/aromatic N) is 3. The van der Waals surface area contributed by atoms with E-state index in [1.807, 2.05) is 31.6 Å². The summed E-state index contributed by atoms with van der Waals surface area (Å²) in [4.78, 5) is 4.37. The minimum absolute atomic E-state index is 0.330. The molecule has 2 rings (SSSR count).